The van der Waals surface area contributed by atoms with Gasteiger partial charge in [0, 0.05) is 31.3 Å². The second kappa shape index (κ2) is 7.71. The van der Waals surface area contributed by atoms with Gasteiger partial charge in [-0.05, 0) is 66.8 Å². The van der Waals surface area contributed by atoms with E-state index in [-0.39, 0.29) is 0 Å². The van der Waals surface area contributed by atoms with Crippen LogP contribution >= 0.6 is 0 Å². The quantitative estimate of drug-likeness (QED) is 0.658. The van der Waals surface area contributed by atoms with Gasteiger partial charge in [0.1, 0.15) is 5.82 Å². The van der Waals surface area contributed by atoms with E-state index in [9.17, 15) is 9.00 Å². The minimum atomic E-state index is -1.74. The number of rotatable bonds is 5. The summed E-state index contributed by atoms with van der Waals surface area (Å²) in [5.74, 6) is 0.841. The van der Waals surface area contributed by atoms with Crippen molar-refractivity contribution >= 4 is 22.7 Å². The Hall–Kier alpha value is -2.94. The summed E-state index contributed by atoms with van der Waals surface area (Å²) in [6.07, 6.45) is 11.7. The van der Waals surface area contributed by atoms with E-state index in [0.717, 1.165) is 50.0 Å². The summed E-state index contributed by atoms with van der Waals surface area (Å²) in [6.45, 7) is 0.467. The Kier molecular flexibility index (Phi) is 4.90. The molecule has 2 aliphatic rings. The van der Waals surface area contributed by atoms with Gasteiger partial charge in [-0.25, -0.2) is 14.0 Å². The van der Waals surface area contributed by atoms with E-state index in [0.29, 0.717) is 11.6 Å². The highest BCUT2D eigenvalue weighted by atomic mass is 32.2. The molecule has 1 atom stereocenters. The lowest BCUT2D eigenvalue weighted by Gasteiger charge is -2.16. The number of amides is 2. The first-order chi connectivity index (χ1) is 14.6. The van der Waals surface area contributed by atoms with Crippen molar-refractivity contribution < 1.29 is 9.00 Å². The van der Waals surface area contributed by atoms with Crippen molar-refractivity contribution in [3.05, 3.63) is 58.8 Å². The first-order valence-electron chi connectivity index (χ1n) is 10.2. The molecule has 0 saturated carbocycles. The molecule has 156 valence electrons. The van der Waals surface area contributed by atoms with Crippen LogP contribution in [-0.4, -0.2) is 29.6 Å². The van der Waals surface area contributed by atoms with Gasteiger partial charge in [0.05, 0.1) is 6.54 Å². The maximum atomic E-state index is 12.6. The smallest absolute Gasteiger partial charge is 0.331 e. The molecule has 2 heterocycles. The van der Waals surface area contributed by atoms with E-state index in [1.807, 2.05) is 17.8 Å². The fourth-order valence-corrected chi connectivity index (χ4v) is 5.15. The van der Waals surface area contributed by atoms with Crippen LogP contribution in [-0.2, 0) is 50.3 Å². The van der Waals surface area contributed by atoms with Crippen LogP contribution in [0.3, 0.4) is 0 Å². The van der Waals surface area contributed by atoms with Gasteiger partial charge in [0.15, 0.2) is 16.0 Å². The van der Waals surface area contributed by atoms with E-state index in [2.05, 4.69) is 26.2 Å². The molecule has 5 rings (SSSR count). The summed E-state index contributed by atoms with van der Waals surface area (Å²) in [6, 6.07) is 3.51. The van der Waals surface area contributed by atoms with E-state index >= 15 is 0 Å². The molecule has 30 heavy (non-hydrogen) atoms. The Morgan fingerprint density at radius 1 is 1.13 bits per heavy atom. The highest BCUT2D eigenvalue weighted by Crippen LogP contribution is 2.38. The molecule has 0 bridgehead atoms. The maximum Gasteiger partial charge on any atom is 0.331 e. The zero-order chi connectivity index (χ0) is 20.7. The van der Waals surface area contributed by atoms with Gasteiger partial charge in [0.2, 0.25) is 0 Å². The van der Waals surface area contributed by atoms with Gasteiger partial charge in [-0.3, -0.25) is 9.40 Å². The molecule has 3 aromatic rings. The average molecular weight is 425 g/mol. The second-order valence-electron chi connectivity index (χ2n) is 7.86. The molecule has 1 unspecified atom stereocenters. The summed E-state index contributed by atoms with van der Waals surface area (Å²) < 4.78 is 18.7. The zero-order valence-corrected chi connectivity index (χ0v) is 17.7. The maximum absolute atomic E-state index is 12.6. The monoisotopic (exact) mass is 424 g/mol. The minimum Gasteiger partial charge on any atom is -0.336 e. The highest BCUT2D eigenvalue weighted by molar-refractivity contribution is 7.83. The Balaban J connectivity index is 1.28. The molecule has 2 amide bonds. The third kappa shape index (κ3) is 3.54. The van der Waals surface area contributed by atoms with Crippen LogP contribution in [0.5, 0.6) is 0 Å². The Morgan fingerprint density at radius 3 is 2.53 bits per heavy atom. The molecule has 0 fully saturated rings. The van der Waals surface area contributed by atoms with Crippen LogP contribution in [0.1, 0.15) is 40.9 Å². The van der Waals surface area contributed by atoms with Crippen molar-refractivity contribution in [1.82, 2.24) is 24.1 Å². The molecule has 2 aromatic heterocycles. The lowest BCUT2D eigenvalue weighted by Crippen LogP contribution is -2.31. The molecule has 1 aromatic carbocycles. The van der Waals surface area contributed by atoms with Gasteiger partial charge in [-0.15, -0.1) is 0 Å². The summed E-state index contributed by atoms with van der Waals surface area (Å²) >= 11 is 0. The number of aryl methyl sites for hydroxylation is 3. The third-order valence-electron chi connectivity index (χ3n) is 5.93. The van der Waals surface area contributed by atoms with E-state index in [4.69, 9.17) is 0 Å². The molecule has 0 spiro atoms. The average Bonchev–Trinajstić information content (AvgIpc) is 3.50. The van der Waals surface area contributed by atoms with Crippen molar-refractivity contribution in [2.45, 2.75) is 50.1 Å². The first-order valence-corrected chi connectivity index (χ1v) is 11.4. The number of nitrogens with one attached hydrogen (secondary N) is 2. The molecular formula is C21H24N6O2S. The number of imidazole rings is 1. The van der Waals surface area contributed by atoms with Crippen molar-refractivity contribution in [3.8, 4) is 0 Å². The van der Waals surface area contributed by atoms with Crippen molar-refractivity contribution in [2.24, 2.45) is 7.05 Å². The molecule has 2 N–H and O–H groups in total. The number of urea groups is 1. The second-order valence-corrected chi connectivity index (χ2v) is 9.02. The number of carbonyl (C=O) groups excluding carboxylic acids is 1. The number of hydrogen-bond acceptors (Lipinski definition) is 4. The molecule has 2 aliphatic carbocycles. The van der Waals surface area contributed by atoms with E-state index in [1.165, 1.54) is 22.3 Å². The number of aromatic nitrogens is 4. The summed E-state index contributed by atoms with van der Waals surface area (Å²) in [4.78, 5) is 16.9. The van der Waals surface area contributed by atoms with E-state index < -0.39 is 17.0 Å². The van der Waals surface area contributed by atoms with Crippen molar-refractivity contribution in [1.29, 1.82) is 0 Å². The van der Waals surface area contributed by atoms with Crippen molar-refractivity contribution in [2.75, 3.05) is 5.32 Å². The topological polar surface area (TPSA) is 93.8 Å². The van der Waals surface area contributed by atoms with Crippen LogP contribution in [0.15, 0.2) is 35.7 Å². The third-order valence-corrected chi connectivity index (χ3v) is 6.90. The molecular weight excluding hydrogens is 400 g/mol. The van der Waals surface area contributed by atoms with Crippen LogP contribution in [0, 0.1) is 0 Å². The van der Waals surface area contributed by atoms with Gasteiger partial charge in [-0.2, -0.15) is 5.10 Å². The molecule has 9 heteroatoms. The number of carbonyl (C=O) groups is 1. The van der Waals surface area contributed by atoms with Gasteiger partial charge >= 0.3 is 6.03 Å². The molecule has 0 saturated heterocycles. The van der Waals surface area contributed by atoms with Crippen molar-refractivity contribution in [3.63, 3.8) is 0 Å². The predicted octanol–water partition coefficient (Wildman–Crippen LogP) is 2.49. The first kappa shape index (κ1) is 19.0. The van der Waals surface area contributed by atoms with Crippen LogP contribution in [0.25, 0.3) is 0 Å². The number of hydrogen-bond donors (Lipinski definition) is 2. The standard InChI is InChI=1S/C21H24N6O2S/c1-26-11-9-22-18(26)13-27-10-8-19(24-27)30(29)25-21(28)23-20-16-6-2-4-14(16)12-15-5-3-7-17(15)20/h8-12H,2-7,13H2,1H3,(H2,23,25,28). The number of fused-ring (bicyclic) bond motifs is 2. The Bertz CT molecular complexity index is 1120. The number of benzene rings is 1. The molecule has 0 aliphatic heterocycles. The lowest BCUT2D eigenvalue weighted by molar-refractivity contribution is 0.257. The fourth-order valence-electron chi connectivity index (χ4n) is 4.47. The van der Waals surface area contributed by atoms with Crippen LogP contribution in [0.2, 0.25) is 0 Å². The largest absolute Gasteiger partial charge is 0.336 e. The van der Waals surface area contributed by atoms with E-state index in [1.54, 1.807) is 23.1 Å². The van der Waals surface area contributed by atoms with Crippen LogP contribution < -0.4 is 10.0 Å². The summed E-state index contributed by atoms with van der Waals surface area (Å²) in [7, 11) is 0.173. The highest BCUT2D eigenvalue weighted by Gasteiger charge is 2.25. The normalized spacial score (nSPS) is 15.6. The Labute approximate surface area is 177 Å². The summed E-state index contributed by atoms with van der Waals surface area (Å²) in [5.41, 5.74) is 6.12. The van der Waals surface area contributed by atoms with Crippen LogP contribution in [0.4, 0.5) is 10.5 Å². The minimum absolute atomic E-state index is 0.308. The molecule has 8 nitrogen and oxygen atoms in total. The number of anilines is 1. The fraction of sp³-hybridized carbons (Fsp3) is 0.381. The van der Waals surface area contributed by atoms with Gasteiger partial charge in [0.25, 0.3) is 0 Å². The SMILES string of the molecule is Cn1ccnc1Cn1ccc(S(=O)NC(=O)Nc2c3c(cc4c2CCC4)CCC3)n1. The molecule has 0 radical (unpaired) electrons. The summed E-state index contributed by atoms with van der Waals surface area (Å²) in [5, 5.41) is 7.63. The zero-order valence-electron chi connectivity index (χ0n) is 16.9. The predicted molar refractivity (Wildman–Crippen MR) is 114 cm³/mol. The number of nitrogens with zero attached hydrogens (tertiary/aromatic N) is 4. The van der Waals surface area contributed by atoms with Gasteiger partial charge < -0.3 is 9.88 Å². The lowest BCUT2D eigenvalue weighted by atomic mass is 9.99. The van der Waals surface area contributed by atoms with Gasteiger partial charge in [-0.1, -0.05) is 6.07 Å². The Morgan fingerprint density at radius 2 is 1.87 bits per heavy atom.